The van der Waals surface area contributed by atoms with Crippen LogP contribution in [0.5, 0.6) is 5.75 Å². The third kappa shape index (κ3) is 4.79. The SMILES string of the molecule is NCC#Cc1cc2ncnc(Nc3ccc(OCC4=CC(F)=CCC4)c(Cl)c3)c2s1. The summed E-state index contributed by atoms with van der Waals surface area (Å²) in [4.78, 5) is 9.52. The van der Waals surface area contributed by atoms with Gasteiger partial charge in [0.25, 0.3) is 0 Å². The first-order valence-corrected chi connectivity index (χ1v) is 10.5. The molecule has 0 aliphatic heterocycles. The summed E-state index contributed by atoms with van der Waals surface area (Å²) in [6, 6.07) is 7.32. The minimum atomic E-state index is -0.215. The van der Waals surface area contributed by atoms with Crippen LogP contribution in [0.15, 0.2) is 54.1 Å². The number of hydrogen-bond acceptors (Lipinski definition) is 6. The van der Waals surface area contributed by atoms with E-state index in [1.54, 1.807) is 18.2 Å². The standard InChI is InChI=1S/C22H18ClFN4OS/c23-18-10-16(6-7-20(18)29-12-14-3-1-4-15(24)9-14)28-22-21-19(26-13-27-22)11-17(30-21)5-2-8-25/h4,6-7,9-11,13H,1,3,8,12,25H2,(H,26,27,28). The zero-order valence-corrected chi connectivity index (χ0v) is 17.5. The molecule has 0 amide bonds. The van der Waals surface area contributed by atoms with Crippen LogP contribution in [0.3, 0.4) is 0 Å². The van der Waals surface area contributed by atoms with Crippen LogP contribution >= 0.6 is 22.9 Å². The molecule has 0 saturated heterocycles. The third-order valence-corrected chi connectivity index (χ3v) is 5.72. The fourth-order valence-corrected chi connectivity index (χ4v) is 4.15. The van der Waals surface area contributed by atoms with E-state index in [4.69, 9.17) is 22.1 Å². The van der Waals surface area contributed by atoms with Gasteiger partial charge in [-0.1, -0.05) is 23.4 Å². The Bertz CT molecular complexity index is 1210. The largest absolute Gasteiger partial charge is 0.488 e. The molecular weight excluding hydrogens is 423 g/mol. The molecule has 8 heteroatoms. The third-order valence-electron chi connectivity index (χ3n) is 4.38. The zero-order valence-electron chi connectivity index (χ0n) is 15.9. The number of hydrogen-bond donors (Lipinski definition) is 2. The van der Waals surface area contributed by atoms with Crippen LogP contribution in [0.1, 0.15) is 17.7 Å². The van der Waals surface area contributed by atoms with Gasteiger partial charge in [-0.05, 0) is 54.8 Å². The van der Waals surface area contributed by atoms with E-state index < -0.39 is 0 Å². The lowest BCUT2D eigenvalue weighted by Gasteiger charge is -2.14. The minimum absolute atomic E-state index is 0.215. The average molecular weight is 441 g/mol. The fourth-order valence-electron chi connectivity index (χ4n) is 2.98. The fraction of sp³-hybridized carbons (Fsp3) is 0.182. The molecule has 0 spiro atoms. The Labute approximate surface area is 182 Å². The molecule has 3 aromatic rings. The topological polar surface area (TPSA) is 73.1 Å². The Morgan fingerprint density at radius 2 is 2.20 bits per heavy atom. The van der Waals surface area contributed by atoms with Crippen molar-refractivity contribution >= 4 is 44.7 Å². The van der Waals surface area contributed by atoms with Crippen molar-refractivity contribution in [3.8, 4) is 17.6 Å². The number of anilines is 2. The molecule has 0 unspecified atom stereocenters. The lowest BCUT2D eigenvalue weighted by Crippen LogP contribution is -2.04. The van der Waals surface area contributed by atoms with Crippen molar-refractivity contribution in [1.82, 2.24) is 9.97 Å². The first-order chi connectivity index (χ1) is 14.6. The smallest absolute Gasteiger partial charge is 0.151 e. The quantitative estimate of drug-likeness (QED) is 0.523. The van der Waals surface area contributed by atoms with Crippen molar-refractivity contribution in [3.63, 3.8) is 0 Å². The Morgan fingerprint density at radius 1 is 1.30 bits per heavy atom. The molecule has 5 nitrogen and oxygen atoms in total. The molecule has 1 aliphatic carbocycles. The van der Waals surface area contributed by atoms with E-state index in [2.05, 4.69) is 27.1 Å². The van der Waals surface area contributed by atoms with E-state index in [1.807, 2.05) is 12.1 Å². The van der Waals surface area contributed by atoms with Crippen LogP contribution in [-0.2, 0) is 0 Å². The Balaban J connectivity index is 1.50. The number of fused-ring (bicyclic) bond motifs is 1. The van der Waals surface area contributed by atoms with Crippen LogP contribution in [-0.4, -0.2) is 23.1 Å². The van der Waals surface area contributed by atoms with Gasteiger partial charge in [0.15, 0.2) is 5.82 Å². The van der Waals surface area contributed by atoms with Crippen molar-refractivity contribution in [2.24, 2.45) is 5.73 Å². The predicted molar refractivity (Wildman–Crippen MR) is 120 cm³/mol. The van der Waals surface area contributed by atoms with Crippen LogP contribution in [0.4, 0.5) is 15.9 Å². The molecule has 0 atom stereocenters. The van der Waals surface area contributed by atoms with Gasteiger partial charge in [-0.3, -0.25) is 0 Å². The Hall–Kier alpha value is -2.92. The van der Waals surface area contributed by atoms with E-state index in [0.717, 1.165) is 32.8 Å². The summed E-state index contributed by atoms with van der Waals surface area (Å²) in [6.07, 6.45) is 6.06. The van der Waals surface area contributed by atoms with Crippen LogP contribution in [0, 0.1) is 11.8 Å². The van der Waals surface area contributed by atoms with Crippen LogP contribution in [0.2, 0.25) is 5.02 Å². The number of nitrogens with two attached hydrogens (primary N) is 1. The summed E-state index contributed by atoms with van der Waals surface area (Å²) in [5.74, 6) is 6.87. The van der Waals surface area contributed by atoms with Gasteiger partial charge in [-0.15, -0.1) is 11.3 Å². The van der Waals surface area contributed by atoms with Gasteiger partial charge in [0.1, 0.15) is 24.5 Å². The Kier molecular flexibility index (Phi) is 6.29. The molecular formula is C22H18ClFN4OS. The zero-order chi connectivity index (χ0) is 20.9. The number of aromatic nitrogens is 2. The summed E-state index contributed by atoms with van der Waals surface area (Å²) in [6.45, 7) is 0.614. The van der Waals surface area contributed by atoms with Crippen molar-refractivity contribution < 1.29 is 9.13 Å². The summed E-state index contributed by atoms with van der Waals surface area (Å²) in [5, 5.41) is 3.73. The second-order valence-electron chi connectivity index (χ2n) is 6.54. The highest BCUT2D eigenvalue weighted by Gasteiger charge is 2.11. The van der Waals surface area contributed by atoms with E-state index in [-0.39, 0.29) is 5.83 Å². The number of ether oxygens (including phenoxy) is 1. The number of benzene rings is 1. The normalized spacial score (nSPS) is 13.3. The number of thiophene rings is 1. The number of nitrogens with zero attached hydrogens (tertiary/aromatic N) is 2. The molecule has 0 fully saturated rings. The summed E-state index contributed by atoms with van der Waals surface area (Å²) >= 11 is 7.89. The van der Waals surface area contributed by atoms with E-state index in [9.17, 15) is 4.39 Å². The van der Waals surface area contributed by atoms with E-state index in [0.29, 0.717) is 36.2 Å². The number of rotatable bonds is 5. The van der Waals surface area contributed by atoms with Crippen LogP contribution < -0.4 is 15.8 Å². The monoisotopic (exact) mass is 440 g/mol. The first kappa shape index (κ1) is 20.4. The highest BCUT2D eigenvalue weighted by atomic mass is 35.5. The maximum atomic E-state index is 13.3. The van der Waals surface area contributed by atoms with Gasteiger partial charge < -0.3 is 15.8 Å². The molecule has 152 valence electrons. The average Bonchev–Trinajstić information content (AvgIpc) is 3.16. The highest BCUT2D eigenvalue weighted by molar-refractivity contribution is 7.20. The highest BCUT2D eigenvalue weighted by Crippen LogP contribution is 2.33. The molecule has 2 heterocycles. The Morgan fingerprint density at radius 3 is 3.00 bits per heavy atom. The van der Waals surface area contributed by atoms with Gasteiger partial charge in [0.2, 0.25) is 0 Å². The van der Waals surface area contributed by atoms with Gasteiger partial charge in [-0.25, -0.2) is 14.4 Å². The summed E-state index contributed by atoms with van der Waals surface area (Å²) in [7, 11) is 0. The molecule has 2 aromatic heterocycles. The van der Waals surface area contributed by atoms with Crippen LogP contribution in [0.25, 0.3) is 10.2 Å². The van der Waals surface area contributed by atoms with E-state index >= 15 is 0 Å². The van der Waals surface area contributed by atoms with Crippen molar-refractivity contribution in [3.05, 3.63) is 64.0 Å². The molecule has 4 rings (SSSR count). The first-order valence-electron chi connectivity index (χ1n) is 9.30. The lowest BCUT2D eigenvalue weighted by atomic mass is 10.1. The van der Waals surface area contributed by atoms with Gasteiger partial charge in [-0.2, -0.15) is 0 Å². The second kappa shape index (κ2) is 9.26. The lowest BCUT2D eigenvalue weighted by molar-refractivity contribution is 0.346. The summed E-state index contributed by atoms with van der Waals surface area (Å²) in [5.41, 5.74) is 7.93. The number of allylic oxidation sites excluding steroid dienone is 3. The van der Waals surface area contributed by atoms with Crippen molar-refractivity contribution in [2.45, 2.75) is 12.8 Å². The second-order valence-corrected chi connectivity index (χ2v) is 8.00. The maximum absolute atomic E-state index is 13.3. The molecule has 1 aliphatic rings. The molecule has 0 bridgehead atoms. The summed E-state index contributed by atoms with van der Waals surface area (Å²) < 4.78 is 20.0. The van der Waals surface area contributed by atoms with Crippen molar-refractivity contribution in [2.75, 3.05) is 18.5 Å². The molecule has 1 aromatic carbocycles. The molecule has 30 heavy (non-hydrogen) atoms. The number of halogens is 2. The predicted octanol–water partition coefficient (Wildman–Crippen LogP) is 5.35. The number of nitrogens with one attached hydrogen (secondary N) is 1. The van der Waals surface area contributed by atoms with Gasteiger partial charge >= 0.3 is 0 Å². The van der Waals surface area contributed by atoms with Gasteiger partial charge in [0.05, 0.1) is 26.7 Å². The van der Waals surface area contributed by atoms with Gasteiger partial charge in [0, 0.05) is 5.69 Å². The minimum Gasteiger partial charge on any atom is -0.488 e. The van der Waals surface area contributed by atoms with E-state index in [1.165, 1.54) is 23.7 Å². The van der Waals surface area contributed by atoms with Crippen molar-refractivity contribution in [1.29, 1.82) is 0 Å². The maximum Gasteiger partial charge on any atom is 0.151 e. The molecule has 0 saturated carbocycles. The molecule has 0 radical (unpaired) electrons. The molecule has 3 N–H and O–H groups in total.